The molecule has 2 nitrogen and oxygen atoms in total. The lowest BCUT2D eigenvalue weighted by atomic mass is 9.79. The number of hydrogen-bond acceptors (Lipinski definition) is 3. The van der Waals surface area contributed by atoms with Crippen molar-refractivity contribution in [3.8, 4) is 0 Å². The third-order valence-corrected chi connectivity index (χ3v) is 4.65. The van der Waals surface area contributed by atoms with E-state index in [4.69, 9.17) is 0 Å². The van der Waals surface area contributed by atoms with Crippen molar-refractivity contribution in [2.24, 2.45) is 0 Å². The van der Waals surface area contributed by atoms with Crippen molar-refractivity contribution in [3.05, 3.63) is 66.0 Å². The third kappa shape index (κ3) is 4.06. The fraction of sp³-hybridized carbons (Fsp3) is 0.294. The molecule has 2 aromatic rings. The molecule has 0 saturated heterocycles. The van der Waals surface area contributed by atoms with Crippen LogP contribution < -0.4 is 0 Å². The van der Waals surface area contributed by atoms with Gasteiger partial charge in [-0.25, -0.2) is 4.39 Å². The number of benzene rings is 2. The summed E-state index contributed by atoms with van der Waals surface area (Å²) in [6.45, 7) is -0.412. The average Bonchev–Trinajstić information content (AvgIpc) is 2.53. The lowest BCUT2D eigenvalue weighted by Gasteiger charge is -2.30. The highest BCUT2D eigenvalue weighted by molar-refractivity contribution is 7.99. The van der Waals surface area contributed by atoms with Crippen LogP contribution in [0.3, 0.4) is 0 Å². The first-order valence-electron chi connectivity index (χ1n) is 6.86. The highest BCUT2D eigenvalue weighted by atomic mass is 32.2. The first kappa shape index (κ1) is 16.0. The predicted octanol–water partition coefficient (Wildman–Crippen LogP) is 3.23. The zero-order valence-corrected chi connectivity index (χ0v) is 12.5. The van der Waals surface area contributed by atoms with Gasteiger partial charge in [0.2, 0.25) is 0 Å². The molecule has 0 aliphatic carbocycles. The minimum absolute atomic E-state index is 0.206. The molecule has 112 valence electrons. The lowest BCUT2D eigenvalue weighted by Crippen LogP contribution is -2.35. The molecule has 2 N–H and O–H groups in total. The summed E-state index contributed by atoms with van der Waals surface area (Å²) in [5.41, 5.74) is -0.162. The van der Waals surface area contributed by atoms with Crippen molar-refractivity contribution in [2.75, 3.05) is 19.0 Å². The van der Waals surface area contributed by atoms with Gasteiger partial charge >= 0.3 is 0 Å². The van der Waals surface area contributed by atoms with Crippen LogP contribution in [0.15, 0.2) is 59.5 Å². The quantitative estimate of drug-likeness (QED) is 0.772. The largest absolute Gasteiger partial charge is 0.395 e. The van der Waals surface area contributed by atoms with Crippen LogP contribution in [0.1, 0.15) is 12.0 Å². The maximum atomic E-state index is 13.4. The van der Waals surface area contributed by atoms with Gasteiger partial charge in [0, 0.05) is 10.3 Å². The van der Waals surface area contributed by atoms with Gasteiger partial charge in [-0.2, -0.15) is 0 Å². The molecule has 21 heavy (non-hydrogen) atoms. The Morgan fingerprint density at radius 1 is 0.952 bits per heavy atom. The van der Waals surface area contributed by atoms with E-state index in [2.05, 4.69) is 0 Å². The second-order valence-corrected chi connectivity index (χ2v) is 6.19. The van der Waals surface area contributed by atoms with Crippen LogP contribution in [0.5, 0.6) is 0 Å². The summed E-state index contributed by atoms with van der Waals surface area (Å²) >= 11 is 1.66. The molecule has 0 unspecified atom stereocenters. The molecule has 0 spiro atoms. The minimum Gasteiger partial charge on any atom is -0.395 e. The van der Waals surface area contributed by atoms with Gasteiger partial charge in [-0.15, -0.1) is 11.8 Å². The summed E-state index contributed by atoms with van der Waals surface area (Å²) in [7, 11) is 0. The SMILES string of the molecule is OCC(CO)(CCSc1ccccc1)c1cccc(F)c1. The molecule has 4 heteroatoms. The first-order chi connectivity index (χ1) is 10.2. The molecule has 0 fully saturated rings. The van der Waals surface area contributed by atoms with Gasteiger partial charge in [-0.1, -0.05) is 30.3 Å². The number of hydrogen-bond donors (Lipinski definition) is 2. The fourth-order valence-corrected chi connectivity index (χ4v) is 3.31. The fourth-order valence-electron chi connectivity index (χ4n) is 2.23. The molecule has 0 heterocycles. The number of aliphatic hydroxyl groups excluding tert-OH is 2. The van der Waals surface area contributed by atoms with E-state index in [0.29, 0.717) is 12.0 Å². The van der Waals surface area contributed by atoms with E-state index >= 15 is 0 Å². The van der Waals surface area contributed by atoms with Gasteiger partial charge in [-0.05, 0) is 42.0 Å². The first-order valence-corrected chi connectivity index (χ1v) is 7.84. The molecular weight excluding hydrogens is 287 g/mol. The Kier molecular flexibility index (Phi) is 5.79. The third-order valence-electron chi connectivity index (χ3n) is 3.63. The predicted molar refractivity (Wildman–Crippen MR) is 84.0 cm³/mol. The number of rotatable bonds is 7. The van der Waals surface area contributed by atoms with Crippen LogP contribution in [0, 0.1) is 5.82 Å². The maximum absolute atomic E-state index is 13.4. The van der Waals surface area contributed by atoms with Crippen molar-refractivity contribution in [2.45, 2.75) is 16.7 Å². The van der Waals surface area contributed by atoms with Gasteiger partial charge in [0.1, 0.15) is 5.82 Å². The Balaban J connectivity index is 2.08. The van der Waals surface area contributed by atoms with Gasteiger partial charge < -0.3 is 10.2 Å². The normalized spacial score (nSPS) is 11.6. The van der Waals surface area contributed by atoms with Crippen molar-refractivity contribution in [3.63, 3.8) is 0 Å². The van der Waals surface area contributed by atoms with Crippen molar-refractivity contribution in [1.29, 1.82) is 0 Å². The minimum atomic E-state index is -0.802. The molecule has 2 rings (SSSR count). The number of halogens is 1. The Bertz CT molecular complexity index is 556. The molecule has 0 aromatic heterocycles. The van der Waals surface area contributed by atoms with Gasteiger partial charge in [0.25, 0.3) is 0 Å². The van der Waals surface area contributed by atoms with E-state index in [9.17, 15) is 14.6 Å². The van der Waals surface area contributed by atoms with Crippen LogP contribution in [0.4, 0.5) is 4.39 Å². The molecule has 0 saturated carbocycles. The summed E-state index contributed by atoms with van der Waals surface area (Å²) in [5, 5.41) is 19.5. The summed E-state index contributed by atoms with van der Waals surface area (Å²) in [6, 6.07) is 16.1. The zero-order valence-electron chi connectivity index (χ0n) is 11.7. The molecule has 0 radical (unpaired) electrons. The monoisotopic (exact) mass is 306 g/mol. The summed E-state index contributed by atoms with van der Waals surface area (Å²) in [4.78, 5) is 1.14. The smallest absolute Gasteiger partial charge is 0.123 e. The molecule has 0 amide bonds. The summed E-state index contributed by atoms with van der Waals surface area (Å²) in [6.07, 6.45) is 0.572. The van der Waals surface area contributed by atoms with E-state index in [1.807, 2.05) is 30.3 Å². The van der Waals surface area contributed by atoms with Crippen molar-refractivity contribution in [1.82, 2.24) is 0 Å². The number of aliphatic hydroxyl groups is 2. The average molecular weight is 306 g/mol. The highest BCUT2D eigenvalue weighted by Gasteiger charge is 2.31. The van der Waals surface area contributed by atoms with E-state index in [0.717, 1.165) is 10.6 Å². The van der Waals surface area contributed by atoms with Crippen LogP contribution >= 0.6 is 11.8 Å². The van der Waals surface area contributed by atoms with E-state index in [1.165, 1.54) is 12.1 Å². The maximum Gasteiger partial charge on any atom is 0.123 e. The van der Waals surface area contributed by atoms with Crippen molar-refractivity contribution >= 4 is 11.8 Å². The molecule has 0 atom stereocenters. The van der Waals surface area contributed by atoms with E-state index < -0.39 is 5.41 Å². The van der Waals surface area contributed by atoms with Gasteiger partial charge in [0.15, 0.2) is 0 Å². The highest BCUT2D eigenvalue weighted by Crippen LogP contribution is 2.31. The van der Waals surface area contributed by atoms with Gasteiger partial charge in [-0.3, -0.25) is 0 Å². The Hall–Kier alpha value is -1.36. The van der Waals surface area contributed by atoms with Crippen LogP contribution in [-0.2, 0) is 5.41 Å². The standard InChI is InChI=1S/C17H19FO2S/c18-15-6-4-5-14(11-15)17(12-19,13-20)9-10-21-16-7-2-1-3-8-16/h1-8,11,19-20H,9-10,12-13H2. The Labute approximate surface area is 128 Å². The summed E-state index contributed by atoms with van der Waals surface area (Å²) < 4.78 is 13.4. The summed E-state index contributed by atoms with van der Waals surface area (Å²) in [5.74, 6) is 0.385. The van der Waals surface area contributed by atoms with Crippen LogP contribution in [0.25, 0.3) is 0 Å². The molecule has 0 bridgehead atoms. The van der Waals surface area contributed by atoms with Crippen LogP contribution in [-0.4, -0.2) is 29.2 Å². The van der Waals surface area contributed by atoms with E-state index in [-0.39, 0.29) is 19.0 Å². The second kappa shape index (κ2) is 7.59. The molecule has 2 aromatic carbocycles. The van der Waals surface area contributed by atoms with Crippen LogP contribution in [0.2, 0.25) is 0 Å². The van der Waals surface area contributed by atoms with Crippen molar-refractivity contribution < 1.29 is 14.6 Å². The van der Waals surface area contributed by atoms with Gasteiger partial charge in [0.05, 0.1) is 13.2 Å². The zero-order chi connectivity index (χ0) is 15.1. The molecule has 0 aliphatic rings. The van der Waals surface area contributed by atoms with E-state index in [1.54, 1.807) is 23.9 Å². The Morgan fingerprint density at radius 2 is 1.67 bits per heavy atom. The molecular formula is C17H19FO2S. The molecule has 0 aliphatic heterocycles. The number of thioether (sulfide) groups is 1. The second-order valence-electron chi connectivity index (χ2n) is 5.02. The lowest BCUT2D eigenvalue weighted by molar-refractivity contribution is 0.114. The topological polar surface area (TPSA) is 40.5 Å². The Morgan fingerprint density at radius 3 is 2.29 bits per heavy atom.